The van der Waals surface area contributed by atoms with Crippen molar-refractivity contribution in [2.24, 2.45) is 5.92 Å². The van der Waals surface area contributed by atoms with Crippen LogP contribution in [-0.4, -0.2) is 41.2 Å². The monoisotopic (exact) mass is 502 g/mol. The van der Waals surface area contributed by atoms with Crippen molar-refractivity contribution in [3.05, 3.63) is 24.0 Å². The molecule has 0 fully saturated rings. The summed E-state index contributed by atoms with van der Waals surface area (Å²) in [5, 5.41) is -0.933. The summed E-state index contributed by atoms with van der Waals surface area (Å²) >= 11 is 0. The molecule has 0 aliphatic heterocycles. The molecule has 3 N–H and O–H groups in total. The van der Waals surface area contributed by atoms with Crippen molar-refractivity contribution in [3.63, 3.8) is 0 Å². The van der Waals surface area contributed by atoms with Crippen molar-refractivity contribution < 1.29 is 25.9 Å². The number of nitrogens with one attached hydrogen (secondary N) is 1. The third-order valence-electron chi connectivity index (χ3n) is 6.32. The van der Waals surface area contributed by atoms with E-state index in [-0.39, 0.29) is 10.8 Å². The highest BCUT2D eigenvalue weighted by Crippen LogP contribution is 2.25. The lowest BCUT2D eigenvalue weighted by atomic mass is 9.94. The fourth-order valence-corrected chi connectivity index (χ4v) is 5.41. The number of hydrogen-bond acceptors (Lipinski definition) is 5. The topological polar surface area (TPSA) is 137 Å². The van der Waals surface area contributed by atoms with Crippen molar-refractivity contribution in [1.82, 2.24) is 9.97 Å². The Kier molecular flexibility index (Phi) is 10.8. The first-order valence-electron chi connectivity index (χ1n) is 11.9. The average Bonchev–Trinajstić information content (AvgIpc) is 3.14. The second kappa shape index (κ2) is 12.8. The van der Waals surface area contributed by atoms with E-state index in [1.54, 1.807) is 0 Å². The number of aromatic nitrogens is 2. The molecular weight excluding hydrogens is 464 g/mol. The third kappa shape index (κ3) is 9.35. The number of aromatic amines is 1. The first-order chi connectivity index (χ1) is 15.5. The van der Waals surface area contributed by atoms with E-state index < -0.39 is 25.5 Å². The Balaban J connectivity index is 1.93. The van der Waals surface area contributed by atoms with E-state index in [0.29, 0.717) is 29.7 Å². The summed E-state index contributed by atoms with van der Waals surface area (Å²) in [6.45, 7) is 3.72. The summed E-state index contributed by atoms with van der Waals surface area (Å²) in [5.74, 6) is 0.195. The van der Waals surface area contributed by atoms with Crippen molar-refractivity contribution in [3.8, 4) is 0 Å². The van der Waals surface area contributed by atoms with Crippen molar-refractivity contribution >= 4 is 31.3 Å². The molecule has 0 saturated heterocycles. The predicted octanol–water partition coefficient (Wildman–Crippen LogP) is 5.56. The van der Waals surface area contributed by atoms with Crippen LogP contribution in [0.4, 0.5) is 0 Å². The summed E-state index contributed by atoms with van der Waals surface area (Å²) in [6.07, 6.45) is 12.8. The lowest BCUT2D eigenvalue weighted by Gasteiger charge is -2.21. The van der Waals surface area contributed by atoms with Gasteiger partial charge in [0, 0.05) is 6.42 Å². The molecule has 1 heterocycles. The van der Waals surface area contributed by atoms with E-state index in [4.69, 9.17) is 0 Å². The van der Waals surface area contributed by atoms with Crippen LogP contribution in [0, 0.1) is 5.92 Å². The summed E-state index contributed by atoms with van der Waals surface area (Å²) in [6, 6.07) is 4.05. The maximum Gasteiger partial charge on any atom is 0.294 e. The van der Waals surface area contributed by atoms with Crippen LogP contribution >= 0.6 is 0 Å². The standard InChI is InChI=1S/C23H38N2O6S2/c1-3-4-5-6-7-8-9-10-11-12-13-19(18(2)32(26,27)28)16-23-24-21-15-14-20(33(29,30)31)17-22(21)25-23/h14-15,17-19H,3-13,16H2,1-2H3,(H,24,25)(H,26,27,28)(H,29,30,31). The van der Waals surface area contributed by atoms with Crippen LogP contribution in [0.25, 0.3) is 11.0 Å². The SMILES string of the molecule is CCCCCCCCCCCCC(Cc1nc2ccc(S(=O)(=O)O)cc2[nH]1)C(C)S(=O)(=O)O. The number of hydrogen-bond donors (Lipinski definition) is 3. The van der Waals surface area contributed by atoms with E-state index in [0.717, 1.165) is 19.3 Å². The molecule has 2 unspecified atom stereocenters. The normalized spacial score (nSPS) is 14.5. The molecule has 0 aliphatic carbocycles. The Bertz CT molecular complexity index is 1080. The largest absolute Gasteiger partial charge is 0.342 e. The molecule has 2 aromatic rings. The zero-order valence-corrected chi connectivity index (χ0v) is 21.3. The highest BCUT2D eigenvalue weighted by atomic mass is 32.2. The molecule has 1 aromatic carbocycles. The molecule has 0 aliphatic rings. The van der Waals surface area contributed by atoms with Crippen LogP contribution in [0.3, 0.4) is 0 Å². The fourth-order valence-electron chi connectivity index (χ4n) is 4.19. The van der Waals surface area contributed by atoms with Gasteiger partial charge in [-0.25, -0.2) is 4.98 Å². The zero-order chi connectivity index (χ0) is 24.5. The van der Waals surface area contributed by atoms with Gasteiger partial charge in [-0.1, -0.05) is 71.1 Å². The first kappa shape index (κ1) is 27.8. The molecule has 10 heteroatoms. The molecule has 0 saturated carbocycles. The van der Waals surface area contributed by atoms with Gasteiger partial charge < -0.3 is 4.98 Å². The molecule has 0 radical (unpaired) electrons. The lowest BCUT2D eigenvalue weighted by Crippen LogP contribution is -2.28. The highest BCUT2D eigenvalue weighted by Gasteiger charge is 2.28. The van der Waals surface area contributed by atoms with E-state index in [2.05, 4.69) is 16.9 Å². The van der Waals surface area contributed by atoms with E-state index >= 15 is 0 Å². The van der Waals surface area contributed by atoms with Crippen LogP contribution < -0.4 is 0 Å². The Morgan fingerprint density at radius 1 is 0.909 bits per heavy atom. The van der Waals surface area contributed by atoms with Crippen molar-refractivity contribution in [2.45, 2.75) is 101 Å². The van der Waals surface area contributed by atoms with Gasteiger partial charge in [0.05, 0.1) is 21.2 Å². The molecule has 188 valence electrons. The molecule has 2 atom stereocenters. The molecule has 33 heavy (non-hydrogen) atoms. The maximum absolute atomic E-state index is 11.8. The van der Waals surface area contributed by atoms with Gasteiger partial charge in [0.2, 0.25) is 0 Å². The summed E-state index contributed by atoms with van der Waals surface area (Å²) < 4.78 is 65.2. The van der Waals surface area contributed by atoms with Crippen LogP contribution in [0.1, 0.15) is 90.3 Å². The summed E-state index contributed by atoms with van der Waals surface area (Å²) in [5.41, 5.74) is 0.965. The molecule has 0 amide bonds. The number of imidazole rings is 1. The van der Waals surface area contributed by atoms with E-state index in [1.165, 1.54) is 70.1 Å². The zero-order valence-electron chi connectivity index (χ0n) is 19.7. The van der Waals surface area contributed by atoms with Gasteiger partial charge in [0.1, 0.15) is 5.82 Å². The predicted molar refractivity (Wildman–Crippen MR) is 131 cm³/mol. The minimum Gasteiger partial charge on any atom is -0.342 e. The molecule has 1 aromatic heterocycles. The third-order valence-corrected chi connectivity index (χ3v) is 8.49. The minimum absolute atomic E-state index is 0.238. The Labute approximate surface area is 198 Å². The van der Waals surface area contributed by atoms with Crippen LogP contribution in [0.5, 0.6) is 0 Å². The van der Waals surface area contributed by atoms with Gasteiger partial charge in [-0.2, -0.15) is 16.8 Å². The first-order valence-corrected chi connectivity index (χ1v) is 14.9. The fraction of sp³-hybridized carbons (Fsp3) is 0.696. The molecule has 0 spiro atoms. The van der Waals surface area contributed by atoms with Crippen LogP contribution in [-0.2, 0) is 26.7 Å². The molecule has 2 rings (SSSR count). The van der Waals surface area contributed by atoms with Gasteiger partial charge in [-0.3, -0.25) is 9.11 Å². The Hall–Kier alpha value is -1.49. The summed E-state index contributed by atoms with van der Waals surface area (Å²) in [4.78, 5) is 7.21. The van der Waals surface area contributed by atoms with Gasteiger partial charge in [0.15, 0.2) is 0 Å². The molecule has 0 bridgehead atoms. The second-order valence-corrected chi connectivity index (χ2v) is 12.2. The van der Waals surface area contributed by atoms with Gasteiger partial charge >= 0.3 is 0 Å². The van der Waals surface area contributed by atoms with Crippen LogP contribution in [0.15, 0.2) is 23.1 Å². The number of benzene rings is 1. The highest BCUT2D eigenvalue weighted by molar-refractivity contribution is 7.86. The second-order valence-electron chi connectivity index (χ2n) is 8.99. The number of H-pyrrole nitrogens is 1. The maximum atomic E-state index is 11.8. The van der Waals surface area contributed by atoms with Gasteiger partial charge in [0.25, 0.3) is 20.2 Å². The summed E-state index contributed by atoms with van der Waals surface area (Å²) in [7, 11) is -8.52. The lowest BCUT2D eigenvalue weighted by molar-refractivity contribution is 0.393. The van der Waals surface area contributed by atoms with Crippen molar-refractivity contribution in [1.29, 1.82) is 0 Å². The minimum atomic E-state index is -4.33. The number of rotatable bonds is 16. The van der Waals surface area contributed by atoms with E-state index in [9.17, 15) is 25.9 Å². The number of fused-ring (bicyclic) bond motifs is 1. The van der Waals surface area contributed by atoms with E-state index in [1.807, 2.05) is 0 Å². The molecule has 8 nitrogen and oxygen atoms in total. The number of nitrogens with zero attached hydrogens (tertiary/aromatic N) is 1. The molecular formula is C23H38N2O6S2. The Morgan fingerprint density at radius 2 is 1.48 bits per heavy atom. The number of unbranched alkanes of at least 4 members (excludes halogenated alkanes) is 9. The van der Waals surface area contributed by atoms with Gasteiger partial charge in [-0.15, -0.1) is 0 Å². The Morgan fingerprint density at radius 3 is 2.03 bits per heavy atom. The smallest absolute Gasteiger partial charge is 0.294 e. The quantitative estimate of drug-likeness (QED) is 0.202. The average molecular weight is 503 g/mol. The van der Waals surface area contributed by atoms with Crippen molar-refractivity contribution in [2.75, 3.05) is 0 Å². The van der Waals surface area contributed by atoms with Gasteiger partial charge in [-0.05, 0) is 37.5 Å². The van der Waals surface area contributed by atoms with Crippen LogP contribution in [0.2, 0.25) is 0 Å².